The van der Waals surface area contributed by atoms with E-state index in [2.05, 4.69) is 55.7 Å². The largest absolute Gasteiger partial charge is 0.479 e. The van der Waals surface area contributed by atoms with Crippen molar-refractivity contribution in [2.24, 2.45) is 5.41 Å². The number of rotatable bonds is 7. The first-order chi connectivity index (χ1) is 23.3. The Kier molecular flexibility index (Phi) is 8.49. The summed E-state index contributed by atoms with van der Waals surface area (Å²) >= 11 is 6.85. The molecule has 11 nitrogen and oxygen atoms in total. The quantitative estimate of drug-likeness (QED) is 0.170. The van der Waals surface area contributed by atoms with Crippen LogP contribution in [0.25, 0.3) is 33.3 Å². The minimum Gasteiger partial charge on any atom is -0.479 e. The molecular weight excluding hydrogens is 644 g/mol. The fourth-order valence-electron chi connectivity index (χ4n) is 7.02. The molecule has 2 N–H and O–H groups in total. The highest BCUT2D eigenvalue weighted by Crippen LogP contribution is 2.47. The average molecular weight is 685 g/mol. The summed E-state index contributed by atoms with van der Waals surface area (Å²) in [5.74, 6) is -0.426. The number of furan rings is 1. The molecule has 0 saturated carbocycles. The van der Waals surface area contributed by atoms with Crippen molar-refractivity contribution in [3.63, 3.8) is 0 Å². The molecular formula is C37H41ClN6O5. The molecule has 256 valence electrons. The molecule has 4 aromatic heterocycles. The van der Waals surface area contributed by atoms with Crippen molar-refractivity contribution in [1.82, 2.24) is 19.9 Å². The summed E-state index contributed by atoms with van der Waals surface area (Å²) in [6.07, 6.45) is 4.46. The van der Waals surface area contributed by atoms with E-state index in [0.29, 0.717) is 60.0 Å². The standard InChI is InChI=1S/C37H41ClN6O5/c1-36(2,3)49-30(35(46)47)27-29(43-15-11-37(4,5)12-16-43)26(25(19-45)42-32(27)38)22-8-9-23-18-44(14-10-21(23)17-22)33-31-28(40-20-41-33)24-7-6-13-39-34(24)48-31/h6-9,13,17,20,30,45H,10-12,14-16,18-19H2,1-5H3,(H,46,47)/t30-/m0/s1. The number of benzene rings is 1. The van der Waals surface area contributed by atoms with E-state index < -0.39 is 17.7 Å². The van der Waals surface area contributed by atoms with Crippen LogP contribution in [-0.2, 0) is 29.1 Å². The lowest BCUT2D eigenvalue weighted by Crippen LogP contribution is -2.39. The molecule has 1 fully saturated rings. The summed E-state index contributed by atoms with van der Waals surface area (Å²) in [5.41, 5.74) is 6.43. The summed E-state index contributed by atoms with van der Waals surface area (Å²) in [4.78, 5) is 35.3. The van der Waals surface area contributed by atoms with Crippen LogP contribution in [0.5, 0.6) is 0 Å². The number of piperidine rings is 1. The summed E-state index contributed by atoms with van der Waals surface area (Å²) in [6, 6.07) is 10.1. The van der Waals surface area contributed by atoms with Crippen molar-refractivity contribution in [1.29, 1.82) is 0 Å². The number of aliphatic hydroxyl groups excluding tert-OH is 1. The smallest absolute Gasteiger partial charge is 0.337 e. The number of halogens is 1. The molecule has 0 radical (unpaired) electrons. The first-order valence-corrected chi connectivity index (χ1v) is 17.1. The highest BCUT2D eigenvalue weighted by Gasteiger charge is 2.38. The fraction of sp³-hybridized carbons (Fsp3) is 0.432. The molecule has 2 aliphatic heterocycles. The number of aromatic nitrogens is 4. The Morgan fingerprint density at radius 3 is 2.57 bits per heavy atom. The van der Waals surface area contributed by atoms with Crippen LogP contribution in [0.3, 0.4) is 0 Å². The Balaban J connectivity index is 1.32. The van der Waals surface area contributed by atoms with Gasteiger partial charge in [-0.3, -0.25) is 0 Å². The van der Waals surface area contributed by atoms with Gasteiger partial charge in [0.05, 0.1) is 34.5 Å². The number of ether oxygens (including phenoxy) is 1. The molecule has 1 atom stereocenters. The van der Waals surface area contributed by atoms with Gasteiger partial charge in [-0.1, -0.05) is 43.6 Å². The van der Waals surface area contributed by atoms with Crippen molar-refractivity contribution in [3.05, 3.63) is 70.4 Å². The number of fused-ring (bicyclic) bond motifs is 4. The zero-order chi connectivity index (χ0) is 34.7. The molecule has 2 aliphatic rings. The van der Waals surface area contributed by atoms with Crippen LogP contribution in [0, 0.1) is 5.41 Å². The second kappa shape index (κ2) is 12.5. The summed E-state index contributed by atoms with van der Waals surface area (Å²) in [6.45, 7) is 12.3. The van der Waals surface area contributed by atoms with Crippen LogP contribution in [-0.4, -0.2) is 61.4 Å². The Bertz CT molecular complexity index is 2060. The van der Waals surface area contributed by atoms with Crippen molar-refractivity contribution in [2.75, 3.05) is 29.4 Å². The van der Waals surface area contributed by atoms with Crippen molar-refractivity contribution >= 4 is 51.3 Å². The normalized spacial score (nSPS) is 17.0. The van der Waals surface area contributed by atoms with Gasteiger partial charge in [0, 0.05) is 37.9 Å². The van der Waals surface area contributed by atoms with Gasteiger partial charge in [0.1, 0.15) is 17.0 Å². The average Bonchev–Trinajstić information content (AvgIpc) is 3.45. The first-order valence-electron chi connectivity index (χ1n) is 16.7. The van der Waals surface area contributed by atoms with E-state index in [1.165, 1.54) is 0 Å². The van der Waals surface area contributed by atoms with E-state index >= 15 is 0 Å². The number of anilines is 2. The van der Waals surface area contributed by atoms with E-state index in [4.69, 9.17) is 20.8 Å². The number of hydrogen-bond acceptors (Lipinski definition) is 10. The zero-order valence-corrected chi connectivity index (χ0v) is 29.2. The molecule has 7 rings (SSSR count). The fourth-order valence-corrected chi connectivity index (χ4v) is 7.31. The monoisotopic (exact) mass is 684 g/mol. The Hall–Kier alpha value is -4.32. The van der Waals surface area contributed by atoms with Crippen LogP contribution in [0.4, 0.5) is 11.5 Å². The van der Waals surface area contributed by atoms with Gasteiger partial charge in [0.25, 0.3) is 0 Å². The minimum absolute atomic E-state index is 0.0230. The van der Waals surface area contributed by atoms with Crippen LogP contribution in [0.2, 0.25) is 5.15 Å². The highest BCUT2D eigenvalue weighted by molar-refractivity contribution is 6.31. The lowest BCUT2D eigenvalue weighted by Gasteiger charge is -2.41. The summed E-state index contributed by atoms with van der Waals surface area (Å²) in [5, 5.41) is 22.0. The van der Waals surface area contributed by atoms with Crippen molar-refractivity contribution in [2.45, 2.75) is 78.7 Å². The van der Waals surface area contributed by atoms with Gasteiger partial charge < -0.3 is 29.2 Å². The van der Waals surface area contributed by atoms with Gasteiger partial charge in [0.2, 0.25) is 5.71 Å². The third-order valence-corrected chi connectivity index (χ3v) is 9.88. The topological polar surface area (TPSA) is 138 Å². The van der Waals surface area contributed by atoms with Gasteiger partial charge in [-0.05, 0) is 74.3 Å². The molecule has 5 aromatic rings. The highest BCUT2D eigenvalue weighted by atomic mass is 35.5. The second-order valence-electron chi connectivity index (χ2n) is 14.7. The van der Waals surface area contributed by atoms with E-state index in [0.717, 1.165) is 52.7 Å². The zero-order valence-electron chi connectivity index (χ0n) is 28.5. The van der Waals surface area contributed by atoms with Crippen LogP contribution >= 0.6 is 11.6 Å². The molecule has 49 heavy (non-hydrogen) atoms. The van der Waals surface area contributed by atoms with E-state index in [-0.39, 0.29) is 17.2 Å². The molecule has 0 aliphatic carbocycles. The predicted octanol–water partition coefficient (Wildman–Crippen LogP) is 7.11. The van der Waals surface area contributed by atoms with Gasteiger partial charge in [-0.2, -0.15) is 0 Å². The Labute approximate surface area is 289 Å². The molecule has 0 bridgehead atoms. The minimum atomic E-state index is -1.36. The Morgan fingerprint density at radius 1 is 1.08 bits per heavy atom. The molecule has 0 amide bonds. The van der Waals surface area contributed by atoms with Gasteiger partial charge in [-0.15, -0.1) is 0 Å². The molecule has 6 heterocycles. The van der Waals surface area contributed by atoms with Crippen LogP contribution < -0.4 is 9.80 Å². The predicted molar refractivity (Wildman–Crippen MR) is 189 cm³/mol. The molecule has 0 unspecified atom stereocenters. The van der Waals surface area contributed by atoms with E-state index in [9.17, 15) is 15.0 Å². The second-order valence-corrected chi connectivity index (χ2v) is 15.1. The lowest BCUT2D eigenvalue weighted by atomic mass is 9.82. The van der Waals surface area contributed by atoms with Gasteiger partial charge in [0.15, 0.2) is 17.5 Å². The number of hydrogen-bond donors (Lipinski definition) is 2. The van der Waals surface area contributed by atoms with Gasteiger partial charge >= 0.3 is 5.97 Å². The number of carbonyl (C=O) groups is 1. The lowest BCUT2D eigenvalue weighted by molar-refractivity contribution is -0.160. The van der Waals surface area contributed by atoms with Crippen LogP contribution in [0.15, 0.2) is 47.3 Å². The third kappa shape index (κ3) is 6.31. The maximum atomic E-state index is 12.8. The van der Waals surface area contributed by atoms with Crippen molar-refractivity contribution in [3.8, 4) is 11.1 Å². The van der Waals surface area contributed by atoms with E-state index in [1.807, 2.05) is 39.0 Å². The number of aliphatic carboxylic acids is 1. The maximum Gasteiger partial charge on any atom is 0.337 e. The van der Waals surface area contributed by atoms with Crippen molar-refractivity contribution < 1.29 is 24.2 Å². The molecule has 0 spiro atoms. The Morgan fingerprint density at radius 2 is 1.86 bits per heavy atom. The number of carboxylic acids is 1. The third-order valence-electron chi connectivity index (χ3n) is 9.59. The van der Waals surface area contributed by atoms with E-state index in [1.54, 1.807) is 12.5 Å². The summed E-state index contributed by atoms with van der Waals surface area (Å²) < 4.78 is 12.3. The molecule has 1 aromatic carbocycles. The molecule has 12 heteroatoms. The number of pyridine rings is 2. The maximum absolute atomic E-state index is 12.8. The van der Waals surface area contributed by atoms with Crippen LogP contribution in [0.1, 0.15) is 75.9 Å². The molecule has 1 saturated heterocycles. The van der Waals surface area contributed by atoms with Gasteiger partial charge in [-0.25, -0.2) is 24.7 Å². The SMILES string of the molecule is CC1(C)CCN(c2c(-c3ccc4c(c3)CCN(c3ncnc5c3oc3ncccc35)C4)c(CO)nc(Cl)c2[C@H](OC(C)(C)C)C(=O)O)CC1. The number of nitrogens with zero attached hydrogens (tertiary/aromatic N) is 6. The first kappa shape index (κ1) is 33.2. The summed E-state index contributed by atoms with van der Waals surface area (Å²) in [7, 11) is 0. The number of aliphatic hydroxyl groups is 1. The number of carboxylic acid groups (broad SMARTS) is 1.